The first-order valence-electron chi connectivity index (χ1n) is 9.43. The second-order valence-electron chi connectivity index (χ2n) is 7.00. The van der Waals surface area contributed by atoms with Gasteiger partial charge in [-0.2, -0.15) is 5.10 Å². The molecule has 6 nitrogen and oxygen atoms in total. The lowest BCUT2D eigenvalue weighted by molar-refractivity contribution is 0.0742. The molecule has 0 unspecified atom stereocenters. The zero-order valence-electron chi connectivity index (χ0n) is 16.3. The maximum atomic E-state index is 14.1. The largest absolute Gasteiger partial charge is 0.365 e. The first-order valence-corrected chi connectivity index (χ1v) is 9.81. The first-order chi connectivity index (χ1) is 14.0. The number of carbonyl (C=O) groups excluding carboxylic acids is 1. The van der Waals surface area contributed by atoms with Crippen molar-refractivity contribution >= 4 is 23.2 Å². The van der Waals surface area contributed by atoms with Crippen molar-refractivity contribution in [2.24, 2.45) is 0 Å². The average molecular weight is 414 g/mol. The molecule has 4 rings (SSSR count). The minimum atomic E-state index is -0.590. The van der Waals surface area contributed by atoms with E-state index in [1.807, 2.05) is 36.7 Å². The maximum Gasteiger partial charge on any atom is 0.258 e. The lowest BCUT2D eigenvalue weighted by atomic mass is 10.1. The number of halogens is 2. The van der Waals surface area contributed by atoms with Gasteiger partial charge in [-0.05, 0) is 38.1 Å². The highest BCUT2D eigenvalue weighted by molar-refractivity contribution is 6.33. The highest BCUT2D eigenvalue weighted by Crippen LogP contribution is 2.28. The predicted octanol–water partition coefficient (Wildman–Crippen LogP) is 3.64. The zero-order chi connectivity index (χ0) is 20.5. The van der Waals surface area contributed by atoms with Crippen LogP contribution in [0, 0.1) is 19.7 Å². The molecule has 8 heteroatoms. The Hall–Kier alpha value is -2.93. The summed E-state index contributed by atoms with van der Waals surface area (Å²) in [7, 11) is 0. The maximum absolute atomic E-state index is 14.1. The number of hydrogen-bond donors (Lipinski definition) is 0. The van der Waals surface area contributed by atoms with Gasteiger partial charge in [0.25, 0.3) is 5.91 Å². The van der Waals surface area contributed by atoms with Crippen molar-refractivity contribution in [3.8, 4) is 5.82 Å². The van der Waals surface area contributed by atoms with Crippen molar-refractivity contribution in [1.82, 2.24) is 19.7 Å². The number of pyridine rings is 1. The Labute approximate surface area is 173 Å². The minimum Gasteiger partial charge on any atom is -0.365 e. The zero-order valence-corrected chi connectivity index (χ0v) is 17.0. The predicted molar refractivity (Wildman–Crippen MR) is 110 cm³/mol. The Morgan fingerprint density at radius 2 is 1.83 bits per heavy atom. The lowest BCUT2D eigenvalue weighted by Gasteiger charge is -2.36. The summed E-state index contributed by atoms with van der Waals surface area (Å²) in [5.74, 6) is -0.194. The van der Waals surface area contributed by atoms with E-state index < -0.39 is 5.82 Å². The van der Waals surface area contributed by atoms with Crippen molar-refractivity contribution in [1.29, 1.82) is 0 Å². The summed E-state index contributed by atoms with van der Waals surface area (Å²) in [6.45, 7) is 6.22. The molecule has 1 aromatic carbocycles. The van der Waals surface area contributed by atoms with Crippen molar-refractivity contribution in [2.45, 2.75) is 13.8 Å². The van der Waals surface area contributed by atoms with Crippen LogP contribution in [0.3, 0.4) is 0 Å². The molecule has 29 heavy (non-hydrogen) atoms. The van der Waals surface area contributed by atoms with Gasteiger partial charge in [-0.25, -0.2) is 14.1 Å². The van der Waals surface area contributed by atoms with Gasteiger partial charge in [-0.15, -0.1) is 0 Å². The van der Waals surface area contributed by atoms with Crippen LogP contribution in [0.1, 0.15) is 21.7 Å². The number of anilines is 1. The van der Waals surface area contributed by atoms with E-state index in [1.165, 1.54) is 18.2 Å². The Morgan fingerprint density at radius 3 is 2.48 bits per heavy atom. The fourth-order valence-corrected chi connectivity index (χ4v) is 4.03. The van der Waals surface area contributed by atoms with Crippen LogP contribution in [0.4, 0.5) is 10.1 Å². The standard InChI is InChI=1S/C21H21ClFN5O/c1-14-20(15(2)28(25-14)18-8-3-4-9-24-18)26-10-12-27(13-11-26)21(29)19-16(22)6-5-7-17(19)23/h3-9H,10-13H2,1-2H3. The van der Waals surface area contributed by atoms with Gasteiger partial charge < -0.3 is 9.80 Å². The van der Waals surface area contributed by atoms with E-state index in [9.17, 15) is 9.18 Å². The van der Waals surface area contributed by atoms with Crippen LogP contribution in [0.25, 0.3) is 5.82 Å². The molecule has 0 saturated carbocycles. The molecule has 3 aromatic rings. The molecule has 150 valence electrons. The van der Waals surface area contributed by atoms with Crippen molar-refractivity contribution in [3.05, 3.63) is 70.4 Å². The number of aryl methyl sites for hydroxylation is 1. The summed E-state index contributed by atoms with van der Waals surface area (Å²) in [5.41, 5.74) is 2.90. The van der Waals surface area contributed by atoms with Gasteiger partial charge in [0.05, 0.1) is 27.7 Å². The SMILES string of the molecule is Cc1nn(-c2ccccn2)c(C)c1N1CCN(C(=O)c2c(F)cccc2Cl)CC1. The van der Waals surface area contributed by atoms with E-state index in [2.05, 4.69) is 15.0 Å². The van der Waals surface area contributed by atoms with Crippen LogP contribution in [0.5, 0.6) is 0 Å². The van der Waals surface area contributed by atoms with Gasteiger partial charge in [-0.1, -0.05) is 23.7 Å². The monoisotopic (exact) mass is 413 g/mol. The molecule has 0 bridgehead atoms. The molecule has 0 radical (unpaired) electrons. The summed E-state index contributed by atoms with van der Waals surface area (Å²) in [5, 5.41) is 4.79. The van der Waals surface area contributed by atoms with Crippen LogP contribution < -0.4 is 4.90 Å². The summed E-state index contributed by atoms with van der Waals surface area (Å²) >= 11 is 6.06. The number of hydrogen-bond acceptors (Lipinski definition) is 4. The Kier molecular flexibility index (Phi) is 5.24. The smallest absolute Gasteiger partial charge is 0.258 e. The van der Waals surface area contributed by atoms with Crippen LogP contribution in [-0.2, 0) is 0 Å². The molecule has 3 heterocycles. The van der Waals surface area contributed by atoms with Gasteiger partial charge in [-0.3, -0.25) is 4.79 Å². The molecule has 2 aromatic heterocycles. The minimum absolute atomic E-state index is 0.0575. The molecule has 0 N–H and O–H groups in total. The molecule has 0 aliphatic carbocycles. The highest BCUT2D eigenvalue weighted by Gasteiger charge is 2.28. The summed E-state index contributed by atoms with van der Waals surface area (Å²) < 4.78 is 15.9. The number of piperazine rings is 1. The third kappa shape index (κ3) is 3.58. The number of carbonyl (C=O) groups is 1. The molecule has 1 aliphatic rings. The number of aromatic nitrogens is 3. The van der Waals surface area contributed by atoms with E-state index in [-0.39, 0.29) is 16.5 Å². The molecular formula is C21H21ClFN5O. The molecule has 1 amide bonds. The van der Waals surface area contributed by atoms with E-state index >= 15 is 0 Å². The quantitative estimate of drug-likeness (QED) is 0.657. The van der Waals surface area contributed by atoms with Crippen molar-refractivity contribution in [2.75, 3.05) is 31.1 Å². The molecule has 1 fully saturated rings. The third-order valence-corrected chi connectivity index (χ3v) is 5.49. The van der Waals surface area contributed by atoms with Crippen LogP contribution in [0.2, 0.25) is 5.02 Å². The number of rotatable bonds is 3. The summed E-state index contributed by atoms with van der Waals surface area (Å²) in [6, 6.07) is 10.0. The number of amides is 1. The van der Waals surface area contributed by atoms with Crippen LogP contribution in [0.15, 0.2) is 42.6 Å². The van der Waals surface area contributed by atoms with Gasteiger partial charge >= 0.3 is 0 Å². The number of benzene rings is 1. The first kappa shape index (κ1) is 19.4. The fourth-order valence-electron chi connectivity index (χ4n) is 3.79. The summed E-state index contributed by atoms with van der Waals surface area (Å²) in [4.78, 5) is 21.0. The van der Waals surface area contributed by atoms with Gasteiger partial charge in [0.1, 0.15) is 5.82 Å². The molecule has 1 aliphatic heterocycles. The Bertz CT molecular complexity index is 1020. The van der Waals surface area contributed by atoms with Gasteiger partial charge in [0, 0.05) is 32.4 Å². The highest BCUT2D eigenvalue weighted by atomic mass is 35.5. The van der Waals surface area contributed by atoms with E-state index in [0.717, 1.165) is 22.9 Å². The molecule has 0 atom stereocenters. The van der Waals surface area contributed by atoms with Crippen molar-refractivity contribution in [3.63, 3.8) is 0 Å². The third-order valence-electron chi connectivity index (χ3n) is 5.18. The molecular weight excluding hydrogens is 393 g/mol. The van der Waals surface area contributed by atoms with Gasteiger partial charge in [0.15, 0.2) is 5.82 Å². The van der Waals surface area contributed by atoms with E-state index in [1.54, 1.807) is 11.1 Å². The molecule has 1 saturated heterocycles. The summed E-state index contributed by atoms with van der Waals surface area (Å²) in [6.07, 6.45) is 1.74. The Morgan fingerprint density at radius 1 is 1.07 bits per heavy atom. The average Bonchev–Trinajstić information content (AvgIpc) is 3.02. The van der Waals surface area contributed by atoms with Crippen LogP contribution >= 0.6 is 11.6 Å². The normalized spacial score (nSPS) is 14.3. The van der Waals surface area contributed by atoms with Crippen molar-refractivity contribution < 1.29 is 9.18 Å². The van der Waals surface area contributed by atoms with E-state index in [4.69, 9.17) is 11.6 Å². The second-order valence-corrected chi connectivity index (χ2v) is 7.40. The topological polar surface area (TPSA) is 54.3 Å². The Balaban J connectivity index is 1.52. The second kappa shape index (κ2) is 7.83. The van der Waals surface area contributed by atoms with E-state index in [0.29, 0.717) is 26.2 Å². The lowest BCUT2D eigenvalue weighted by Crippen LogP contribution is -2.49. The van der Waals surface area contributed by atoms with Gasteiger partial charge in [0.2, 0.25) is 0 Å². The fraction of sp³-hybridized carbons (Fsp3) is 0.286. The number of nitrogens with zero attached hydrogens (tertiary/aromatic N) is 5. The molecule has 0 spiro atoms. The van der Waals surface area contributed by atoms with Crippen LogP contribution in [-0.4, -0.2) is 51.8 Å².